The van der Waals surface area contributed by atoms with E-state index in [1.54, 1.807) is 10.8 Å². The van der Waals surface area contributed by atoms with Crippen molar-refractivity contribution in [1.82, 2.24) is 24.6 Å². The molecule has 0 radical (unpaired) electrons. The molecular weight excluding hydrogens is 442 g/mol. The van der Waals surface area contributed by atoms with Crippen LogP contribution in [0.5, 0.6) is 0 Å². The lowest BCUT2D eigenvalue weighted by atomic mass is 9.78. The van der Waals surface area contributed by atoms with Gasteiger partial charge in [0.2, 0.25) is 0 Å². The number of H-pyrrole nitrogens is 1. The summed E-state index contributed by atoms with van der Waals surface area (Å²) in [5.74, 6) is 0.688. The summed E-state index contributed by atoms with van der Waals surface area (Å²) in [5, 5.41) is 17.7. The highest BCUT2D eigenvalue weighted by Gasteiger charge is 2.44. The normalized spacial score (nSPS) is 18.3. The van der Waals surface area contributed by atoms with E-state index in [1.165, 1.54) is 4.90 Å². The molecule has 1 saturated heterocycles. The highest BCUT2D eigenvalue weighted by molar-refractivity contribution is 5.84. The minimum absolute atomic E-state index is 0.0735. The van der Waals surface area contributed by atoms with E-state index in [9.17, 15) is 14.7 Å². The number of nitrogens with zero attached hydrogens (tertiary/aromatic N) is 4. The fourth-order valence-electron chi connectivity index (χ4n) is 5.48. The molecule has 8 nitrogen and oxygen atoms in total. The van der Waals surface area contributed by atoms with E-state index in [-0.39, 0.29) is 23.1 Å². The molecule has 5 rings (SSSR count). The Morgan fingerprint density at radius 1 is 1.11 bits per heavy atom. The number of fused-ring (bicyclic) bond motifs is 1. The molecule has 180 valence electrons. The third-order valence-corrected chi connectivity index (χ3v) is 6.91. The number of hydrogen-bond donors (Lipinski definition) is 2. The molecule has 1 aliphatic rings. The zero-order chi connectivity index (χ0) is 24.7. The molecule has 3 heterocycles. The fourth-order valence-corrected chi connectivity index (χ4v) is 5.48. The number of likely N-dealkylation sites (tertiary alicyclic amines) is 1. The maximum absolute atomic E-state index is 12.7. The first-order chi connectivity index (χ1) is 16.7. The minimum Gasteiger partial charge on any atom is -0.465 e. The van der Waals surface area contributed by atoms with Crippen molar-refractivity contribution >= 4 is 17.0 Å². The van der Waals surface area contributed by atoms with Gasteiger partial charge in [0.15, 0.2) is 0 Å². The lowest BCUT2D eigenvalue weighted by Gasteiger charge is -2.37. The standard InChI is InChI=1S/C27H29N5O3/c1-27(2,3)24-20(12-14-31(24)26(34)35)16-23-29-30-25(33)32(23)21-10-8-17(9-11-21)19-7-6-18-5-4-13-28-22(18)15-19/h4-11,13,15,20,24H,12,14,16H2,1-3H3,(H,30,33)(H,34,35)/t20-,24?/m0/s1. The predicted molar refractivity (Wildman–Crippen MR) is 135 cm³/mol. The molecule has 0 aliphatic carbocycles. The van der Waals surface area contributed by atoms with Crippen LogP contribution in [0.15, 0.2) is 65.6 Å². The summed E-state index contributed by atoms with van der Waals surface area (Å²) in [6.45, 7) is 6.67. The van der Waals surface area contributed by atoms with Gasteiger partial charge in [-0.15, -0.1) is 0 Å². The second kappa shape index (κ2) is 8.69. The zero-order valence-electron chi connectivity index (χ0n) is 20.1. The summed E-state index contributed by atoms with van der Waals surface area (Å²) >= 11 is 0. The highest BCUT2D eigenvalue weighted by atomic mass is 16.4. The van der Waals surface area contributed by atoms with Crippen LogP contribution in [0, 0.1) is 11.3 Å². The summed E-state index contributed by atoms with van der Waals surface area (Å²) in [4.78, 5) is 30.5. The molecule has 4 aromatic rings. The molecule has 35 heavy (non-hydrogen) atoms. The van der Waals surface area contributed by atoms with Gasteiger partial charge in [0.1, 0.15) is 5.82 Å². The molecule has 0 spiro atoms. The Morgan fingerprint density at radius 2 is 1.86 bits per heavy atom. The lowest BCUT2D eigenvalue weighted by molar-refractivity contribution is 0.0906. The summed E-state index contributed by atoms with van der Waals surface area (Å²) in [7, 11) is 0. The molecule has 1 aliphatic heterocycles. The highest BCUT2D eigenvalue weighted by Crippen LogP contribution is 2.38. The van der Waals surface area contributed by atoms with Gasteiger partial charge in [-0.2, -0.15) is 5.10 Å². The molecule has 2 aromatic carbocycles. The topological polar surface area (TPSA) is 104 Å². The second-order valence-electron chi connectivity index (χ2n) is 10.3. The predicted octanol–water partition coefficient (Wildman–Crippen LogP) is 4.73. The van der Waals surface area contributed by atoms with Crippen LogP contribution in [0.25, 0.3) is 27.7 Å². The SMILES string of the molecule is CC(C)(C)C1[C@H](Cc2n[nH]c(=O)n2-c2ccc(-c3ccc4cccnc4c3)cc2)CCN1C(=O)O. The number of pyridine rings is 1. The average molecular weight is 472 g/mol. The van der Waals surface area contributed by atoms with Gasteiger partial charge in [-0.1, -0.05) is 51.1 Å². The number of carboxylic acid groups (broad SMARTS) is 1. The van der Waals surface area contributed by atoms with E-state index >= 15 is 0 Å². The van der Waals surface area contributed by atoms with Gasteiger partial charge in [0.05, 0.1) is 11.2 Å². The van der Waals surface area contributed by atoms with Gasteiger partial charge in [-0.3, -0.25) is 4.98 Å². The Kier molecular flexibility index (Phi) is 5.67. The molecule has 0 bridgehead atoms. The molecule has 1 unspecified atom stereocenters. The third-order valence-electron chi connectivity index (χ3n) is 6.91. The van der Waals surface area contributed by atoms with Crippen LogP contribution in [-0.4, -0.2) is 48.4 Å². The van der Waals surface area contributed by atoms with Crippen LogP contribution in [0.4, 0.5) is 4.79 Å². The van der Waals surface area contributed by atoms with E-state index in [1.807, 2.05) is 36.4 Å². The molecule has 1 amide bonds. The molecule has 1 fully saturated rings. The molecule has 0 saturated carbocycles. The van der Waals surface area contributed by atoms with Crippen molar-refractivity contribution in [3.05, 3.63) is 77.1 Å². The Labute approximate surface area is 203 Å². The van der Waals surface area contributed by atoms with E-state index in [2.05, 4.69) is 54.2 Å². The first-order valence-electron chi connectivity index (χ1n) is 11.8. The summed E-state index contributed by atoms with van der Waals surface area (Å²) in [6.07, 6.45) is 2.14. The smallest absolute Gasteiger partial charge is 0.407 e. The number of carbonyl (C=O) groups is 1. The summed E-state index contributed by atoms with van der Waals surface area (Å²) < 4.78 is 1.59. The number of amides is 1. The van der Waals surface area contributed by atoms with Gasteiger partial charge in [0, 0.05) is 30.6 Å². The second-order valence-corrected chi connectivity index (χ2v) is 10.3. The van der Waals surface area contributed by atoms with Crippen LogP contribution >= 0.6 is 0 Å². The quantitative estimate of drug-likeness (QED) is 0.448. The Bertz CT molecular complexity index is 1430. The number of rotatable bonds is 4. The Balaban J connectivity index is 1.43. The fraction of sp³-hybridized carbons (Fsp3) is 0.333. The Morgan fingerprint density at radius 3 is 2.57 bits per heavy atom. The number of nitrogens with one attached hydrogen (secondary N) is 1. The van der Waals surface area contributed by atoms with Crippen LogP contribution < -0.4 is 5.69 Å². The largest absolute Gasteiger partial charge is 0.465 e. The number of benzene rings is 2. The van der Waals surface area contributed by atoms with Crippen molar-refractivity contribution in [3.8, 4) is 16.8 Å². The third kappa shape index (κ3) is 4.32. The zero-order valence-corrected chi connectivity index (χ0v) is 20.1. The van der Waals surface area contributed by atoms with Crippen LogP contribution in [0.2, 0.25) is 0 Å². The van der Waals surface area contributed by atoms with Crippen LogP contribution in [0.1, 0.15) is 33.0 Å². The maximum atomic E-state index is 12.7. The molecule has 2 N–H and O–H groups in total. The minimum atomic E-state index is -0.897. The van der Waals surface area contributed by atoms with Crippen molar-refractivity contribution in [2.75, 3.05) is 6.54 Å². The van der Waals surface area contributed by atoms with Crippen molar-refractivity contribution in [1.29, 1.82) is 0 Å². The van der Waals surface area contributed by atoms with E-state index in [0.29, 0.717) is 18.8 Å². The van der Waals surface area contributed by atoms with Crippen molar-refractivity contribution in [2.24, 2.45) is 11.3 Å². The molecular formula is C27H29N5O3. The van der Waals surface area contributed by atoms with Gasteiger partial charge < -0.3 is 10.0 Å². The van der Waals surface area contributed by atoms with Crippen LogP contribution in [-0.2, 0) is 6.42 Å². The number of aromatic amines is 1. The molecule has 2 atom stereocenters. The summed E-state index contributed by atoms with van der Waals surface area (Å²) in [5.41, 5.74) is 3.21. The van der Waals surface area contributed by atoms with E-state index in [4.69, 9.17) is 0 Å². The van der Waals surface area contributed by atoms with Gasteiger partial charge in [-0.25, -0.2) is 19.3 Å². The van der Waals surface area contributed by atoms with Crippen LogP contribution in [0.3, 0.4) is 0 Å². The Hall–Kier alpha value is -3.94. The molecule has 8 heteroatoms. The number of hydrogen-bond acceptors (Lipinski definition) is 4. The maximum Gasteiger partial charge on any atom is 0.407 e. The van der Waals surface area contributed by atoms with Crippen molar-refractivity contribution in [2.45, 2.75) is 39.7 Å². The summed E-state index contributed by atoms with van der Waals surface area (Å²) in [6, 6.07) is 17.8. The average Bonchev–Trinajstić information content (AvgIpc) is 3.43. The molecule has 2 aromatic heterocycles. The van der Waals surface area contributed by atoms with E-state index in [0.717, 1.165) is 34.1 Å². The first kappa shape index (κ1) is 22.8. The van der Waals surface area contributed by atoms with E-state index < -0.39 is 6.09 Å². The lowest BCUT2D eigenvalue weighted by Crippen LogP contribution is -2.46. The monoisotopic (exact) mass is 471 g/mol. The van der Waals surface area contributed by atoms with Gasteiger partial charge >= 0.3 is 11.8 Å². The van der Waals surface area contributed by atoms with Crippen molar-refractivity contribution < 1.29 is 9.90 Å². The van der Waals surface area contributed by atoms with Gasteiger partial charge in [0.25, 0.3) is 0 Å². The van der Waals surface area contributed by atoms with Gasteiger partial charge in [-0.05, 0) is 53.1 Å². The first-order valence-corrected chi connectivity index (χ1v) is 11.8. The van der Waals surface area contributed by atoms with Crippen molar-refractivity contribution in [3.63, 3.8) is 0 Å². The number of aromatic nitrogens is 4.